The largest absolute Gasteiger partial charge is 0.493 e. The molecule has 1 saturated heterocycles. The molecule has 5 rings (SSSR count). The van der Waals surface area contributed by atoms with Crippen molar-refractivity contribution in [2.75, 3.05) is 19.8 Å². The number of aromatic nitrogens is 2. The minimum atomic E-state index is -0.339. The third kappa shape index (κ3) is 5.64. The summed E-state index contributed by atoms with van der Waals surface area (Å²) in [5.41, 5.74) is 3.86. The molecule has 2 atom stereocenters. The van der Waals surface area contributed by atoms with Gasteiger partial charge >= 0.3 is 5.97 Å². The Morgan fingerprint density at radius 2 is 2.14 bits per heavy atom. The molecule has 0 saturated carbocycles. The van der Waals surface area contributed by atoms with Crippen LogP contribution in [-0.4, -0.2) is 46.5 Å². The number of amides is 1. The average molecular weight is 508 g/mol. The fourth-order valence-electron chi connectivity index (χ4n) is 5.18. The Morgan fingerprint density at radius 3 is 3.00 bits per heavy atom. The first-order valence-electron chi connectivity index (χ1n) is 12.5. The number of hydrogen-bond acceptors (Lipinski definition) is 6. The number of likely N-dealkylation sites (tertiary alicyclic amines) is 1. The maximum atomic E-state index is 13.4. The van der Waals surface area contributed by atoms with Crippen molar-refractivity contribution in [3.63, 3.8) is 0 Å². The van der Waals surface area contributed by atoms with Crippen LogP contribution in [0.3, 0.4) is 0 Å². The summed E-state index contributed by atoms with van der Waals surface area (Å²) >= 11 is 0. The summed E-state index contributed by atoms with van der Waals surface area (Å²) in [7, 11) is 0. The first-order valence-corrected chi connectivity index (χ1v) is 12.5. The van der Waals surface area contributed by atoms with E-state index in [1.807, 2.05) is 41.3 Å². The highest BCUT2D eigenvalue weighted by Crippen LogP contribution is 2.36. The smallest absolute Gasteiger partial charge is 0.308 e. The Balaban J connectivity index is 0.00000304. The Labute approximate surface area is 218 Å². The first kappa shape index (κ1) is 25.9. The second-order valence-corrected chi connectivity index (χ2v) is 9.25. The molecule has 0 bridgehead atoms. The number of esters is 1. The second-order valence-electron chi connectivity index (χ2n) is 9.25. The van der Waals surface area contributed by atoms with E-state index in [-0.39, 0.29) is 43.8 Å². The number of carbonyl (C=O) groups excluding carboxylic acids is 2. The van der Waals surface area contributed by atoms with Gasteiger partial charge in [0.05, 0.1) is 25.7 Å². The fraction of sp³-hybridized carbons (Fsp3) is 0.429. The molecule has 1 aromatic carbocycles. The van der Waals surface area contributed by atoms with Gasteiger partial charge in [-0.25, -0.2) is 9.97 Å². The zero-order valence-electron chi connectivity index (χ0n) is 20.6. The highest BCUT2D eigenvalue weighted by molar-refractivity contribution is 7.59. The zero-order chi connectivity index (χ0) is 24.2. The molecule has 3 aromatic rings. The summed E-state index contributed by atoms with van der Waals surface area (Å²) in [6, 6.07) is 13.7. The lowest BCUT2D eigenvalue weighted by molar-refractivity contribution is -0.145. The topological polar surface area (TPSA) is 81.6 Å². The Kier molecular flexibility index (Phi) is 8.46. The number of benzene rings is 1. The van der Waals surface area contributed by atoms with E-state index in [9.17, 15) is 9.59 Å². The molecule has 4 heterocycles. The van der Waals surface area contributed by atoms with Crippen LogP contribution in [0, 0.1) is 5.92 Å². The summed E-state index contributed by atoms with van der Waals surface area (Å²) in [5.74, 6) is 0.654. The average Bonchev–Trinajstić information content (AvgIpc) is 3.49. The molecule has 1 fully saturated rings. The van der Waals surface area contributed by atoms with E-state index >= 15 is 0 Å². The number of carbonyl (C=O) groups is 2. The molecule has 0 radical (unpaired) electrons. The number of aryl methyl sites for hydroxylation is 1. The van der Waals surface area contributed by atoms with Gasteiger partial charge in [0.25, 0.3) is 0 Å². The van der Waals surface area contributed by atoms with Crippen LogP contribution in [0.4, 0.5) is 0 Å². The molecule has 0 N–H and O–H groups in total. The minimum Gasteiger partial charge on any atom is -0.493 e. The van der Waals surface area contributed by atoms with E-state index in [1.54, 1.807) is 13.1 Å². The number of rotatable bonds is 9. The minimum absolute atomic E-state index is 0. The first-order chi connectivity index (χ1) is 17.1. The standard InChI is InChI=1S/C28H31N3O4.H2S/c1-2-34-26(32)18-24(22-9-8-19-13-16-35-25(19)17-22)31-15-12-21(28(31)33)5-3-7-23-11-10-20-6-4-14-29-27(20)30-23;/h4,6,8-11,14,17,21,24H,2-3,5,7,12-13,15-16,18H2,1H3;1H2. The highest BCUT2D eigenvalue weighted by Gasteiger charge is 2.37. The summed E-state index contributed by atoms with van der Waals surface area (Å²) in [5, 5.41) is 1.03. The molecule has 7 nitrogen and oxygen atoms in total. The van der Waals surface area contributed by atoms with E-state index in [0.717, 1.165) is 60.1 Å². The number of ether oxygens (including phenoxy) is 2. The van der Waals surface area contributed by atoms with Crippen molar-refractivity contribution in [1.29, 1.82) is 0 Å². The number of nitrogens with zero attached hydrogens (tertiary/aromatic N) is 3. The van der Waals surface area contributed by atoms with Gasteiger partial charge in [0.15, 0.2) is 5.65 Å². The molecule has 2 aliphatic heterocycles. The molecule has 36 heavy (non-hydrogen) atoms. The maximum absolute atomic E-state index is 13.4. The second kappa shape index (κ2) is 11.7. The molecule has 2 unspecified atom stereocenters. The highest BCUT2D eigenvalue weighted by atomic mass is 32.1. The Morgan fingerprint density at radius 1 is 1.25 bits per heavy atom. The number of pyridine rings is 2. The van der Waals surface area contributed by atoms with Crippen molar-refractivity contribution >= 4 is 36.4 Å². The van der Waals surface area contributed by atoms with Gasteiger partial charge in [0.1, 0.15) is 5.75 Å². The zero-order valence-corrected chi connectivity index (χ0v) is 21.6. The quantitative estimate of drug-likeness (QED) is 0.396. The lowest BCUT2D eigenvalue weighted by Crippen LogP contribution is -2.33. The van der Waals surface area contributed by atoms with E-state index in [1.165, 1.54) is 5.56 Å². The maximum Gasteiger partial charge on any atom is 0.308 e. The lowest BCUT2D eigenvalue weighted by atomic mass is 9.98. The van der Waals surface area contributed by atoms with Crippen molar-refractivity contribution in [3.8, 4) is 5.75 Å². The van der Waals surface area contributed by atoms with Crippen molar-refractivity contribution in [2.45, 2.75) is 51.5 Å². The van der Waals surface area contributed by atoms with Gasteiger partial charge in [0.2, 0.25) is 5.91 Å². The summed E-state index contributed by atoms with van der Waals surface area (Å²) in [6.07, 6.45) is 6.09. The SMILES string of the molecule is CCOC(=O)CC(c1ccc2c(c1)OCC2)N1CCC(CCCc2ccc3cccnc3n2)C1=O.S. The predicted molar refractivity (Wildman–Crippen MR) is 142 cm³/mol. The Bertz CT molecular complexity index is 1230. The van der Waals surface area contributed by atoms with Crippen LogP contribution in [-0.2, 0) is 27.2 Å². The molecule has 190 valence electrons. The molecular formula is C28H33N3O4S. The molecule has 1 amide bonds. The summed E-state index contributed by atoms with van der Waals surface area (Å²) in [4.78, 5) is 36.7. The van der Waals surface area contributed by atoms with Crippen LogP contribution in [0.25, 0.3) is 11.0 Å². The van der Waals surface area contributed by atoms with Crippen LogP contribution >= 0.6 is 13.5 Å². The lowest BCUT2D eigenvalue weighted by Gasteiger charge is -2.28. The molecule has 2 aliphatic rings. The van der Waals surface area contributed by atoms with Crippen LogP contribution < -0.4 is 4.74 Å². The van der Waals surface area contributed by atoms with Gasteiger partial charge in [-0.05, 0) is 74.1 Å². The molecule has 8 heteroatoms. The van der Waals surface area contributed by atoms with E-state index in [2.05, 4.69) is 16.0 Å². The van der Waals surface area contributed by atoms with Gasteiger partial charge in [0, 0.05) is 36.2 Å². The predicted octanol–water partition coefficient (Wildman–Crippen LogP) is 4.54. The monoisotopic (exact) mass is 507 g/mol. The summed E-state index contributed by atoms with van der Waals surface area (Å²) < 4.78 is 11.0. The molecule has 0 spiro atoms. The fourth-order valence-corrected chi connectivity index (χ4v) is 5.18. The van der Waals surface area contributed by atoms with Crippen molar-refractivity contribution < 1.29 is 19.1 Å². The van der Waals surface area contributed by atoms with Crippen LogP contribution in [0.5, 0.6) is 5.75 Å². The molecule has 0 aliphatic carbocycles. The molecule has 2 aromatic heterocycles. The number of hydrogen-bond donors (Lipinski definition) is 0. The van der Waals surface area contributed by atoms with E-state index < -0.39 is 0 Å². The van der Waals surface area contributed by atoms with Crippen LogP contribution in [0.2, 0.25) is 0 Å². The van der Waals surface area contributed by atoms with Crippen LogP contribution in [0.1, 0.15) is 55.5 Å². The van der Waals surface area contributed by atoms with Crippen molar-refractivity contribution in [3.05, 3.63) is 65.5 Å². The summed E-state index contributed by atoms with van der Waals surface area (Å²) in [6.45, 7) is 3.44. The van der Waals surface area contributed by atoms with Gasteiger partial charge in [-0.15, -0.1) is 0 Å². The van der Waals surface area contributed by atoms with Gasteiger partial charge < -0.3 is 14.4 Å². The van der Waals surface area contributed by atoms with Crippen molar-refractivity contribution in [1.82, 2.24) is 14.9 Å². The number of fused-ring (bicyclic) bond motifs is 2. The molecular weight excluding hydrogens is 474 g/mol. The third-order valence-corrected chi connectivity index (χ3v) is 7.00. The van der Waals surface area contributed by atoms with Gasteiger partial charge in [-0.2, -0.15) is 13.5 Å². The van der Waals surface area contributed by atoms with Crippen LogP contribution in [0.15, 0.2) is 48.7 Å². The Hall–Kier alpha value is -3.13. The van der Waals surface area contributed by atoms with E-state index in [0.29, 0.717) is 19.8 Å². The third-order valence-electron chi connectivity index (χ3n) is 7.00. The van der Waals surface area contributed by atoms with Crippen molar-refractivity contribution in [2.24, 2.45) is 5.92 Å². The van der Waals surface area contributed by atoms with Gasteiger partial charge in [-0.3, -0.25) is 9.59 Å². The van der Waals surface area contributed by atoms with Gasteiger partial charge in [-0.1, -0.05) is 12.1 Å². The normalized spacial score (nSPS) is 17.4. The van der Waals surface area contributed by atoms with E-state index in [4.69, 9.17) is 9.47 Å².